The van der Waals surface area contributed by atoms with Gasteiger partial charge in [0, 0.05) is 32.9 Å². The van der Waals surface area contributed by atoms with Crippen molar-refractivity contribution in [3.63, 3.8) is 0 Å². The number of aliphatic hydroxyl groups excluding tert-OH is 1. The molecule has 0 spiro atoms. The standard InChI is InChI=1S/C14H13BrOS.C5H5.Fe/c15-13-7-5-11(6-8-13)9-17-10-14(16)12-3-1-2-4-12;1-2-4-5-3-1;/h1-8,16H,9-10H2;1-5H;/q;-1;. The van der Waals surface area contributed by atoms with Gasteiger partial charge in [-0.05, 0) is 17.7 Å². The molecule has 0 saturated heterocycles. The summed E-state index contributed by atoms with van der Waals surface area (Å²) >= 11 is 5.13. The van der Waals surface area contributed by atoms with E-state index in [1.54, 1.807) is 11.8 Å². The molecular weight excluding hydrogens is 412 g/mol. The number of hydrogen-bond donors (Lipinski definition) is 1. The zero-order valence-corrected chi connectivity index (χ0v) is 16.0. The van der Waals surface area contributed by atoms with Crippen molar-refractivity contribution in [2.75, 3.05) is 5.75 Å². The van der Waals surface area contributed by atoms with Crippen molar-refractivity contribution in [3.05, 3.63) is 100 Å². The molecule has 0 amide bonds. The van der Waals surface area contributed by atoms with Crippen LogP contribution in [0.15, 0.2) is 94.7 Å². The van der Waals surface area contributed by atoms with E-state index in [1.165, 1.54) is 5.56 Å². The van der Waals surface area contributed by atoms with E-state index in [1.807, 2.05) is 66.8 Å². The van der Waals surface area contributed by atoms with Gasteiger partial charge in [-0.1, -0.05) is 52.4 Å². The van der Waals surface area contributed by atoms with Gasteiger partial charge in [0.05, 0.1) is 5.75 Å². The minimum atomic E-state index is 0. The Bertz CT molecular complexity index is 611. The molecule has 23 heavy (non-hydrogen) atoms. The first-order valence-corrected chi connectivity index (χ1v) is 8.96. The van der Waals surface area contributed by atoms with Crippen LogP contribution in [0, 0.1) is 0 Å². The zero-order chi connectivity index (χ0) is 15.6. The van der Waals surface area contributed by atoms with E-state index in [0.717, 1.165) is 15.8 Å². The summed E-state index contributed by atoms with van der Waals surface area (Å²) in [6.45, 7) is 0. The van der Waals surface area contributed by atoms with Crippen LogP contribution in [-0.2, 0) is 22.8 Å². The van der Waals surface area contributed by atoms with Crippen LogP contribution in [0.3, 0.4) is 0 Å². The summed E-state index contributed by atoms with van der Waals surface area (Å²) in [5, 5.41) is 9.82. The minimum absolute atomic E-state index is 0. The quantitative estimate of drug-likeness (QED) is 0.364. The molecule has 0 unspecified atom stereocenters. The Kier molecular flexibility index (Phi) is 9.97. The van der Waals surface area contributed by atoms with E-state index in [0.29, 0.717) is 11.5 Å². The number of benzene rings is 1. The molecule has 1 nitrogen and oxygen atoms in total. The molecule has 4 heteroatoms. The largest absolute Gasteiger partial charge is 0.511 e. The molecule has 0 atom stereocenters. The molecule has 1 aliphatic rings. The average molecular weight is 430 g/mol. The van der Waals surface area contributed by atoms with Crippen LogP contribution in [0.2, 0.25) is 0 Å². The van der Waals surface area contributed by atoms with Crippen LogP contribution in [-0.4, -0.2) is 10.9 Å². The second-order valence-corrected chi connectivity index (χ2v) is 6.60. The summed E-state index contributed by atoms with van der Waals surface area (Å²) < 4.78 is 1.09. The first kappa shape index (κ1) is 20.0. The van der Waals surface area contributed by atoms with Gasteiger partial charge in [-0.25, -0.2) is 12.1 Å². The van der Waals surface area contributed by atoms with Gasteiger partial charge in [0.25, 0.3) is 0 Å². The van der Waals surface area contributed by atoms with Crippen LogP contribution >= 0.6 is 27.7 Å². The first-order chi connectivity index (χ1) is 10.8. The van der Waals surface area contributed by atoms with Crippen LogP contribution < -0.4 is 0 Å². The molecule has 0 aliphatic heterocycles. The van der Waals surface area contributed by atoms with Crippen molar-refractivity contribution in [1.82, 2.24) is 0 Å². The van der Waals surface area contributed by atoms with E-state index < -0.39 is 0 Å². The van der Waals surface area contributed by atoms with Gasteiger partial charge in [0.2, 0.25) is 0 Å². The molecule has 122 valence electrons. The third-order valence-corrected chi connectivity index (χ3v) is 4.52. The molecule has 1 N–H and O–H groups in total. The Morgan fingerprint density at radius 1 is 1.04 bits per heavy atom. The summed E-state index contributed by atoms with van der Waals surface area (Å²) in [6, 6.07) is 18.3. The van der Waals surface area contributed by atoms with Gasteiger partial charge >= 0.3 is 0 Å². The Balaban J connectivity index is 0.000000377. The number of thioether (sulfide) groups is 1. The maximum absolute atomic E-state index is 9.82. The average Bonchev–Trinajstić information content (AvgIpc) is 3.25. The summed E-state index contributed by atoms with van der Waals surface area (Å²) in [5.74, 6) is 2.02. The van der Waals surface area contributed by atoms with Gasteiger partial charge in [-0.2, -0.15) is 18.2 Å². The smallest absolute Gasteiger partial charge is 0.109 e. The van der Waals surface area contributed by atoms with Gasteiger partial charge < -0.3 is 5.11 Å². The van der Waals surface area contributed by atoms with Gasteiger partial charge in [-0.3, -0.25) is 0 Å². The Morgan fingerprint density at radius 2 is 1.65 bits per heavy atom. The fraction of sp³-hybridized carbons (Fsp3) is 0.105. The van der Waals surface area contributed by atoms with E-state index >= 15 is 0 Å². The van der Waals surface area contributed by atoms with Crippen LogP contribution in [0.1, 0.15) is 5.56 Å². The van der Waals surface area contributed by atoms with Crippen molar-refractivity contribution < 1.29 is 22.2 Å². The van der Waals surface area contributed by atoms with Crippen LogP contribution in [0.5, 0.6) is 0 Å². The monoisotopic (exact) mass is 429 g/mol. The molecule has 0 fully saturated rings. The van der Waals surface area contributed by atoms with Crippen molar-refractivity contribution in [1.29, 1.82) is 0 Å². The van der Waals surface area contributed by atoms with Crippen molar-refractivity contribution in [2.24, 2.45) is 0 Å². The third-order valence-electron chi connectivity index (χ3n) is 2.97. The predicted molar refractivity (Wildman–Crippen MR) is 100 cm³/mol. The Morgan fingerprint density at radius 3 is 2.17 bits per heavy atom. The maximum atomic E-state index is 9.82. The van der Waals surface area contributed by atoms with Crippen LogP contribution in [0.25, 0.3) is 0 Å². The number of rotatable bonds is 4. The van der Waals surface area contributed by atoms with E-state index in [4.69, 9.17) is 0 Å². The number of allylic oxidation sites excluding steroid dienone is 5. The SMILES string of the molecule is OC(CSCc1ccc(Br)cc1)=C1C=CC=C1.[Fe].c1cc[cH-]c1. The van der Waals surface area contributed by atoms with E-state index in [9.17, 15) is 5.11 Å². The van der Waals surface area contributed by atoms with Gasteiger partial charge in [-0.15, -0.1) is 11.8 Å². The molecule has 0 saturated carbocycles. The molecular formula is C19H18BrFeOS-. The molecule has 3 rings (SSSR count). The molecule has 1 aliphatic carbocycles. The second kappa shape index (κ2) is 11.5. The van der Waals surface area contributed by atoms with Gasteiger partial charge in [0.1, 0.15) is 5.76 Å². The number of halogens is 1. The number of hydrogen-bond acceptors (Lipinski definition) is 2. The molecule has 0 aromatic heterocycles. The minimum Gasteiger partial charge on any atom is -0.511 e. The topological polar surface area (TPSA) is 20.2 Å². The van der Waals surface area contributed by atoms with E-state index in [2.05, 4.69) is 28.1 Å². The Labute approximate surface area is 161 Å². The fourth-order valence-corrected chi connectivity index (χ4v) is 2.97. The zero-order valence-electron chi connectivity index (χ0n) is 12.5. The molecule has 2 aromatic carbocycles. The van der Waals surface area contributed by atoms with Crippen LogP contribution in [0.4, 0.5) is 0 Å². The van der Waals surface area contributed by atoms with E-state index in [-0.39, 0.29) is 17.1 Å². The second-order valence-electron chi connectivity index (χ2n) is 4.70. The fourth-order valence-electron chi connectivity index (χ4n) is 1.82. The van der Waals surface area contributed by atoms with Gasteiger partial charge in [0.15, 0.2) is 0 Å². The molecule has 2 aromatic rings. The molecule has 0 bridgehead atoms. The van der Waals surface area contributed by atoms with Crippen molar-refractivity contribution >= 4 is 27.7 Å². The summed E-state index contributed by atoms with van der Waals surface area (Å²) in [6.07, 6.45) is 7.72. The summed E-state index contributed by atoms with van der Waals surface area (Å²) in [5.41, 5.74) is 2.20. The first-order valence-electron chi connectivity index (χ1n) is 7.01. The molecule has 0 heterocycles. The number of aliphatic hydroxyl groups is 1. The normalized spacial score (nSPS) is 11.6. The Hall–Kier alpha value is -1.06. The maximum Gasteiger partial charge on any atom is 0.109 e. The third kappa shape index (κ3) is 7.85. The predicted octanol–water partition coefficient (Wildman–Crippen LogP) is 6.02. The summed E-state index contributed by atoms with van der Waals surface area (Å²) in [7, 11) is 0. The van der Waals surface area contributed by atoms with Crippen molar-refractivity contribution in [2.45, 2.75) is 5.75 Å². The summed E-state index contributed by atoms with van der Waals surface area (Å²) in [4.78, 5) is 0. The van der Waals surface area contributed by atoms with Crippen molar-refractivity contribution in [3.8, 4) is 0 Å². The molecule has 0 radical (unpaired) electrons.